The van der Waals surface area contributed by atoms with Crippen molar-refractivity contribution < 1.29 is 9.50 Å². The van der Waals surface area contributed by atoms with E-state index in [1.54, 1.807) is 12.1 Å². The molecule has 0 amide bonds. The molecule has 25 heavy (non-hydrogen) atoms. The summed E-state index contributed by atoms with van der Waals surface area (Å²) in [5, 5.41) is 11.9. The fraction of sp³-hybridized carbons (Fsp3) is 0.455. The summed E-state index contributed by atoms with van der Waals surface area (Å²) in [4.78, 5) is 2.52. The van der Waals surface area contributed by atoms with E-state index in [4.69, 9.17) is 0 Å². The van der Waals surface area contributed by atoms with Crippen LogP contribution in [0.15, 0.2) is 48.5 Å². The van der Waals surface area contributed by atoms with Crippen molar-refractivity contribution in [2.45, 2.75) is 31.8 Å². The number of halogens is 1. The third kappa shape index (κ3) is 3.11. The van der Waals surface area contributed by atoms with Gasteiger partial charge in [0.15, 0.2) is 0 Å². The van der Waals surface area contributed by atoms with Crippen molar-refractivity contribution in [2.75, 3.05) is 19.6 Å². The first-order valence-corrected chi connectivity index (χ1v) is 9.33. The van der Waals surface area contributed by atoms with Crippen LogP contribution in [0.3, 0.4) is 0 Å². The van der Waals surface area contributed by atoms with E-state index < -0.39 is 5.60 Å². The third-order valence-electron chi connectivity index (χ3n) is 6.26. The van der Waals surface area contributed by atoms with Crippen molar-refractivity contribution in [3.8, 4) is 0 Å². The van der Waals surface area contributed by atoms with Crippen molar-refractivity contribution in [2.24, 2.45) is 11.8 Å². The van der Waals surface area contributed by atoms with Crippen LogP contribution < -0.4 is 0 Å². The molecule has 3 aliphatic heterocycles. The summed E-state index contributed by atoms with van der Waals surface area (Å²) in [6, 6.07) is 14.4. The number of fused-ring (bicyclic) bond motifs is 3. The molecule has 3 saturated heterocycles. The molecule has 0 aliphatic carbocycles. The van der Waals surface area contributed by atoms with Crippen LogP contribution in [-0.2, 0) is 5.60 Å². The number of rotatable bonds is 4. The average molecular weight is 339 g/mol. The zero-order valence-corrected chi connectivity index (χ0v) is 14.8. The largest absolute Gasteiger partial charge is 0.380 e. The van der Waals surface area contributed by atoms with E-state index in [-0.39, 0.29) is 5.82 Å². The van der Waals surface area contributed by atoms with E-state index in [0.717, 1.165) is 23.2 Å². The summed E-state index contributed by atoms with van der Waals surface area (Å²) < 4.78 is 13.4. The smallest absolute Gasteiger partial charge is 0.123 e. The van der Waals surface area contributed by atoms with Gasteiger partial charge in [-0.2, -0.15) is 0 Å². The Bertz CT molecular complexity index is 736. The lowest BCUT2D eigenvalue weighted by Gasteiger charge is -2.47. The normalized spacial score (nSPS) is 27.9. The van der Waals surface area contributed by atoms with E-state index in [1.165, 1.54) is 38.1 Å². The standard InChI is InChI=1S/C22H26FNO/c1-16-4-2-3-5-21(16)22(25,19-6-8-20(23)9-7-19)14-18-15-24-12-10-17(18)11-13-24/h2-9,17-18,25H,10-15H2,1H3. The second-order valence-electron chi connectivity index (χ2n) is 7.78. The summed E-state index contributed by atoms with van der Waals surface area (Å²) in [6.07, 6.45) is 3.17. The van der Waals surface area contributed by atoms with E-state index in [9.17, 15) is 9.50 Å². The van der Waals surface area contributed by atoms with Gasteiger partial charge in [0.2, 0.25) is 0 Å². The highest BCUT2D eigenvalue weighted by molar-refractivity contribution is 5.40. The average Bonchev–Trinajstić information content (AvgIpc) is 2.63. The van der Waals surface area contributed by atoms with Crippen LogP contribution in [-0.4, -0.2) is 29.6 Å². The lowest BCUT2D eigenvalue weighted by Crippen LogP contribution is -2.49. The highest BCUT2D eigenvalue weighted by atomic mass is 19.1. The molecule has 2 atom stereocenters. The molecule has 3 heteroatoms. The van der Waals surface area contributed by atoms with Gasteiger partial charge in [-0.05, 0) is 79.9 Å². The van der Waals surface area contributed by atoms with Gasteiger partial charge in [0.1, 0.15) is 11.4 Å². The summed E-state index contributed by atoms with van der Waals surface area (Å²) in [5.74, 6) is 0.914. The van der Waals surface area contributed by atoms with Gasteiger partial charge < -0.3 is 10.0 Å². The van der Waals surface area contributed by atoms with Crippen LogP contribution in [0.4, 0.5) is 4.39 Å². The van der Waals surface area contributed by atoms with E-state index in [0.29, 0.717) is 18.3 Å². The Morgan fingerprint density at radius 2 is 1.76 bits per heavy atom. The Morgan fingerprint density at radius 3 is 2.36 bits per heavy atom. The van der Waals surface area contributed by atoms with Gasteiger partial charge >= 0.3 is 0 Å². The Balaban J connectivity index is 1.73. The number of aliphatic hydroxyl groups is 1. The zero-order chi connectivity index (χ0) is 17.4. The quantitative estimate of drug-likeness (QED) is 0.906. The Morgan fingerprint density at radius 1 is 1.08 bits per heavy atom. The Kier molecular flexibility index (Phi) is 4.38. The lowest BCUT2D eigenvalue weighted by molar-refractivity contribution is -0.0138. The molecule has 0 aromatic heterocycles. The molecule has 2 bridgehead atoms. The van der Waals surface area contributed by atoms with E-state index in [1.807, 2.05) is 31.2 Å². The molecular formula is C22H26FNO. The van der Waals surface area contributed by atoms with Gasteiger partial charge in [0.05, 0.1) is 0 Å². The van der Waals surface area contributed by atoms with Crippen molar-refractivity contribution in [1.29, 1.82) is 0 Å². The van der Waals surface area contributed by atoms with Gasteiger partial charge in [0, 0.05) is 6.54 Å². The van der Waals surface area contributed by atoms with Crippen LogP contribution >= 0.6 is 0 Å². The molecular weight excluding hydrogens is 313 g/mol. The fourth-order valence-corrected chi connectivity index (χ4v) is 4.84. The minimum Gasteiger partial charge on any atom is -0.380 e. The first-order chi connectivity index (χ1) is 12.1. The number of aryl methyl sites for hydroxylation is 1. The van der Waals surface area contributed by atoms with E-state index >= 15 is 0 Å². The highest BCUT2D eigenvalue weighted by Crippen LogP contribution is 2.43. The zero-order valence-electron chi connectivity index (χ0n) is 14.8. The maximum atomic E-state index is 13.4. The molecule has 3 heterocycles. The fourth-order valence-electron chi connectivity index (χ4n) is 4.84. The molecule has 2 aromatic carbocycles. The third-order valence-corrected chi connectivity index (χ3v) is 6.26. The SMILES string of the molecule is Cc1ccccc1C(O)(CC1CN2CCC1CC2)c1ccc(F)cc1. The topological polar surface area (TPSA) is 23.5 Å². The van der Waals surface area contributed by atoms with Crippen LogP contribution in [0.5, 0.6) is 0 Å². The molecule has 0 saturated carbocycles. The van der Waals surface area contributed by atoms with Gasteiger partial charge in [-0.15, -0.1) is 0 Å². The predicted molar refractivity (Wildman–Crippen MR) is 97.8 cm³/mol. The monoisotopic (exact) mass is 339 g/mol. The lowest BCUT2D eigenvalue weighted by atomic mass is 9.70. The number of piperidine rings is 3. The van der Waals surface area contributed by atoms with Crippen LogP contribution in [0.1, 0.15) is 36.0 Å². The summed E-state index contributed by atoms with van der Waals surface area (Å²) in [5.41, 5.74) is 1.75. The first kappa shape index (κ1) is 16.7. The predicted octanol–water partition coefficient (Wildman–Crippen LogP) is 4.10. The number of hydrogen-bond donors (Lipinski definition) is 1. The van der Waals surface area contributed by atoms with Gasteiger partial charge in [-0.1, -0.05) is 36.4 Å². The summed E-state index contributed by atoms with van der Waals surface area (Å²) in [7, 11) is 0. The van der Waals surface area contributed by atoms with Crippen LogP contribution in [0.25, 0.3) is 0 Å². The number of benzene rings is 2. The molecule has 1 N–H and O–H groups in total. The molecule has 3 aliphatic rings. The molecule has 5 rings (SSSR count). The molecule has 132 valence electrons. The Hall–Kier alpha value is -1.71. The minimum atomic E-state index is -1.07. The maximum absolute atomic E-state index is 13.4. The molecule has 2 nitrogen and oxygen atoms in total. The number of hydrogen-bond acceptors (Lipinski definition) is 2. The van der Waals surface area contributed by atoms with Crippen LogP contribution in [0, 0.1) is 24.6 Å². The molecule has 2 aromatic rings. The van der Waals surface area contributed by atoms with Crippen molar-refractivity contribution >= 4 is 0 Å². The van der Waals surface area contributed by atoms with Crippen LogP contribution in [0.2, 0.25) is 0 Å². The van der Waals surface area contributed by atoms with Crippen molar-refractivity contribution in [3.05, 3.63) is 71.0 Å². The highest BCUT2D eigenvalue weighted by Gasteiger charge is 2.41. The van der Waals surface area contributed by atoms with Crippen molar-refractivity contribution in [3.63, 3.8) is 0 Å². The molecule has 0 radical (unpaired) electrons. The molecule has 0 spiro atoms. The first-order valence-electron chi connectivity index (χ1n) is 9.33. The second-order valence-corrected chi connectivity index (χ2v) is 7.78. The molecule has 2 unspecified atom stereocenters. The Labute approximate surface area is 149 Å². The molecule has 3 fully saturated rings. The second kappa shape index (κ2) is 6.54. The van der Waals surface area contributed by atoms with E-state index in [2.05, 4.69) is 4.90 Å². The number of nitrogens with zero attached hydrogens (tertiary/aromatic N) is 1. The minimum absolute atomic E-state index is 0.265. The van der Waals surface area contributed by atoms with Gasteiger partial charge in [-0.25, -0.2) is 4.39 Å². The van der Waals surface area contributed by atoms with Crippen molar-refractivity contribution in [1.82, 2.24) is 4.90 Å². The van der Waals surface area contributed by atoms with Gasteiger partial charge in [0.25, 0.3) is 0 Å². The summed E-state index contributed by atoms with van der Waals surface area (Å²) >= 11 is 0. The maximum Gasteiger partial charge on any atom is 0.123 e. The summed E-state index contributed by atoms with van der Waals surface area (Å²) in [6.45, 7) is 5.50. The van der Waals surface area contributed by atoms with Gasteiger partial charge in [-0.3, -0.25) is 0 Å².